The first kappa shape index (κ1) is 15.2. The molecule has 7 heteroatoms. The van der Waals surface area contributed by atoms with Crippen molar-refractivity contribution in [3.8, 4) is 5.75 Å². The zero-order valence-electron chi connectivity index (χ0n) is 11.3. The molecule has 20 heavy (non-hydrogen) atoms. The number of rotatable bonds is 6. The zero-order chi connectivity index (χ0) is 14.6. The van der Waals surface area contributed by atoms with Crippen molar-refractivity contribution in [3.05, 3.63) is 24.3 Å². The van der Waals surface area contributed by atoms with Crippen LogP contribution < -0.4 is 9.46 Å². The van der Waals surface area contributed by atoms with Crippen molar-refractivity contribution in [3.63, 3.8) is 0 Å². The van der Waals surface area contributed by atoms with Gasteiger partial charge >= 0.3 is 0 Å². The molecule has 1 aliphatic rings. The van der Waals surface area contributed by atoms with Crippen molar-refractivity contribution in [2.75, 3.05) is 26.4 Å². The van der Waals surface area contributed by atoms with Crippen LogP contribution in [0.2, 0.25) is 0 Å². The van der Waals surface area contributed by atoms with E-state index < -0.39 is 15.6 Å². The van der Waals surface area contributed by atoms with Crippen LogP contribution in [-0.4, -0.2) is 45.5 Å². The van der Waals surface area contributed by atoms with Crippen LogP contribution in [0.15, 0.2) is 29.2 Å². The first-order valence-corrected chi connectivity index (χ1v) is 7.96. The van der Waals surface area contributed by atoms with Crippen LogP contribution in [0.1, 0.15) is 13.3 Å². The lowest BCUT2D eigenvalue weighted by atomic mass is 10.1. The Bertz CT molecular complexity index is 534. The summed E-state index contributed by atoms with van der Waals surface area (Å²) in [6.07, 6.45) is 0.429. The molecule has 1 heterocycles. The minimum Gasteiger partial charge on any atom is -0.494 e. The normalized spacial score (nSPS) is 22.9. The SMILES string of the molecule is CCOc1ccc(S(=O)(=O)NCC2(O)CCOC2)cc1. The van der Waals surface area contributed by atoms with E-state index in [1.807, 2.05) is 6.92 Å². The van der Waals surface area contributed by atoms with Crippen molar-refractivity contribution >= 4 is 10.0 Å². The third kappa shape index (κ3) is 3.69. The van der Waals surface area contributed by atoms with E-state index in [0.29, 0.717) is 25.4 Å². The van der Waals surface area contributed by atoms with Gasteiger partial charge in [-0.25, -0.2) is 13.1 Å². The summed E-state index contributed by atoms with van der Waals surface area (Å²) in [7, 11) is -3.64. The molecule has 0 radical (unpaired) electrons. The fourth-order valence-corrected chi connectivity index (χ4v) is 3.05. The summed E-state index contributed by atoms with van der Waals surface area (Å²) in [5.74, 6) is 0.620. The summed E-state index contributed by atoms with van der Waals surface area (Å²) in [5, 5.41) is 10.0. The third-order valence-corrected chi connectivity index (χ3v) is 4.54. The molecule has 1 fully saturated rings. The average Bonchev–Trinajstić information content (AvgIpc) is 2.85. The van der Waals surface area contributed by atoms with Crippen LogP contribution in [0.3, 0.4) is 0 Å². The highest BCUT2D eigenvalue weighted by Crippen LogP contribution is 2.19. The molecular weight excluding hydrogens is 282 g/mol. The summed E-state index contributed by atoms with van der Waals surface area (Å²) in [4.78, 5) is 0.142. The molecular formula is C13H19NO5S. The molecule has 0 amide bonds. The maximum atomic E-state index is 12.1. The van der Waals surface area contributed by atoms with Crippen molar-refractivity contribution in [2.24, 2.45) is 0 Å². The minimum atomic E-state index is -3.64. The molecule has 1 saturated heterocycles. The fraction of sp³-hybridized carbons (Fsp3) is 0.538. The van der Waals surface area contributed by atoms with Gasteiger partial charge in [-0.15, -0.1) is 0 Å². The number of sulfonamides is 1. The third-order valence-electron chi connectivity index (χ3n) is 3.12. The molecule has 112 valence electrons. The predicted octanol–water partition coefficient (Wildman–Crippen LogP) is 0.515. The lowest BCUT2D eigenvalue weighted by Gasteiger charge is -2.20. The highest BCUT2D eigenvalue weighted by atomic mass is 32.2. The fourth-order valence-electron chi connectivity index (χ4n) is 1.93. The Morgan fingerprint density at radius 2 is 2.10 bits per heavy atom. The number of aliphatic hydroxyl groups is 1. The summed E-state index contributed by atoms with van der Waals surface area (Å²) in [6.45, 7) is 2.93. The van der Waals surface area contributed by atoms with E-state index in [9.17, 15) is 13.5 Å². The van der Waals surface area contributed by atoms with Crippen molar-refractivity contribution in [1.82, 2.24) is 4.72 Å². The van der Waals surface area contributed by atoms with Crippen LogP contribution in [0.25, 0.3) is 0 Å². The van der Waals surface area contributed by atoms with E-state index in [1.54, 1.807) is 12.1 Å². The second-order valence-corrected chi connectivity index (χ2v) is 6.52. The second-order valence-electron chi connectivity index (χ2n) is 4.76. The van der Waals surface area contributed by atoms with Gasteiger partial charge in [0.25, 0.3) is 0 Å². The monoisotopic (exact) mass is 301 g/mol. The maximum Gasteiger partial charge on any atom is 0.240 e. The second kappa shape index (κ2) is 6.09. The van der Waals surface area contributed by atoms with E-state index in [1.165, 1.54) is 12.1 Å². The molecule has 0 aromatic heterocycles. The Balaban J connectivity index is 2.02. The maximum absolute atomic E-state index is 12.1. The van der Waals surface area contributed by atoms with Crippen LogP contribution in [0, 0.1) is 0 Å². The first-order valence-electron chi connectivity index (χ1n) is 6.48. The molecule has 1 aliphatic heterocycles. The standard InChI is InChI=1S/C13H19NO5S/c1-2-19-11-3-5-12(6-4-11)20(16,17)14-9-13(15)7-8-18-10-13/h3-6,14-15H,2,7-10H2,1H3. The number of ether oxygens (including phenoxy) is 2. The average molecular weight is 301 g/mol. The van der Waals surface area contributed by atoms with Gasteiger partial charge in [-0.1, -0.05) is 0 Å². The van der Waals surface area contributed by atoms with Gasteiger partial charge in [0, 0.05) is 19.6 Å². The van der Waals surface area contributed by atoms with Gasteiger partial charge in [-0.2, -0.15) is 0 Å². The Hall–Kier alpha value is -1.15. The Morgan fingerprint density at radius 1 is 1.40 bits per heavy atom. The minimum absolute atomic E-state index is 0.0530. The number of benzene rings is 1. The van der Waals surface area contributed by atoms with Gasteiger partial charge in [0.1, 0.15) is 11.4 Å². The van der Waals surface area contributed by atoms with E-state index in [-0.39, 0.29) is 18.0 Å². The summed E-state index contributed by atoms with van der Waals surface area (Å²) >= 11 is 0. The molecule has 2 rings (SSSR count). The van der Waals surface area contributed by atoms with E-state index >= 15 is 0 Å². The molecule has 0 aliphatic carbocycles. The number of nitrogens with one attached hydrogen (secondary N) is 1. The van der Waals surface area contributed by atoms with Gasteiger partial charge in [0.15, 0.2) is 0 Å². The molecule has 0 spiro atoms. The zero-order valence-corrected chi connectivity index (χ0v) is 12.1. The first-order chi connectivity index (χ1) is 9.45. The molecule has 1 unspecified atom stereocenters. The predicted molar refractivity (Wildman–Crippen MR) is 73.2 cm³/mol. The summed E-state index contributed by atoms with van der Waals surface area (Å²) < 4.78 is 36.9. The molecule has 1 aromatic rings. The molecule has 1 aromatic carbocycles. The Kier molecular flexibility index (Phi) is 4.64. The molecule has 0 bridgehead atoms. The highest BCUT2D eigenvalue weighted by Gasteiger charge is 2.33. The van der Waals surface area contributed by atoms with Crippen LogP contribution in [0.5, 0.6) is 5.75 Å². The Morgan fingerprint density at radius 3 is 2.65 bits per heavy atom. The van der Waals surface area contributed by atoms with E-state index in [4.69, 9.17) is 9.47 Å². The quantitative estimate of drug-likeness (QED) is 0.800. The van der Waals surface area contributed by atoms with Gasteiger partial charge in [0.05, 0.1) is 18.1 Å². The van der Waals surface area contributed by atoms with Crippen molar-refractivity contribution < 1.29 is 23.0 Å². The van der Waals surface area contributed by atoms with Gasteiger partial charge in [-0.3, -0.25) is 0 Å². The molecule has 2 N–H and O–H groups in total. The Labute approximate surface area is 118 Å². The largest absolute Gasteiger partial charge is 0.494 e. The molecule has 6 nitrogen and oxygen atoms in total. The molecule has 0 saturated carbocycles. The topological polar surface area (TPSA) is 84.9 Å². The number of hydrogen-bond donors (Lipinski definition) is 2. The van der Waals surface area contributed by atoms with Crippen molar-refractivity contribution in [2.45, 2.75) is 23.8 Å². The lowest BCUT2D eigenvalue weighted by Crippen LogP contribution is -2.43. The summed E-state index contributed by atoms with van der Waals surface area (Å²) in [5.41, 5.74) is -1.11. The lowest BCUT2D eigenvalue weighted by molar-refractivity contribution is 0.0314. The van der Waals surface area contributed by atoms with Crippen LogP contribution >= 0.6 is 0 Å². The van der Waals surface area contributed by atoms with Gasteiger partial charge < -0.3 is 14.6 Å². The van der Waals surface area contributed by atoms with E-state index in [0.717, 1.165) is 0 Å². The molecule has 1 atom stereocenters. The van der Waals surface area contributed by atoms with Gasteiger partial charge in [0.2, 0.25) is 10.0 Å². The van der Waals surface area contributed by atoms with Crippen molar-refractivity contribution in [1.29, 1.82) is 0 Å². The number of hydrogen-bond acceptors (Lipinski definition) is 5. The summed E-state index contributed by atoms with van der Waals surface area (Å²) in [6, 6.07) is 6.15. The smallest absolute Gasteiger partial charge is 0.240 e. The van der Waals surface area contributed by atoms with Gasteiger partial charge in [-0.05, 0) is 31.2 Å². The van der Waals surface area contributed by atoms with Crippen LogP contribution in [0.4, 0.5) is 0 Å². The van der Waals surface area contributed by atoms with E-state index in [2.05, 4.69) is 4.72 Å². The van der Waals surface area contributed by atoms with Crippen LogP contribution in [-0.2, 0) is 14.8 Å². The highest BCUT2D eigenvalue weighted by molar-refractivity contribution is 7.89.